The molecule has 0 aromatic carbocycles. The Labute approximate surface area is 132 Å². The molecule has 22 heavy (non-hydrogen) atoms. The lowest BCUT2D eigenvalue weighted by Crippen LogP contribution is -2.60. The fourth-order valence-electron chi connectivity index (χ4n) is 6.30. The second-order valence-electron chi connectivity index (χ2n) is 8.52. The third kappa shape index (κ3) is 1.56. The molecule has 3 saturated carbocycles. The SMILES string of the molecule is C[C@]12CCC(=O)C=C1CC[C@H]1[C@@H]2CC[C@@]2(C)C(=O)CC[C@@]12O. The molecule has 0 aromatic rings. The van der Waals surface area contributed by atoms with Gasteiger partial charge in [0.25, 0.3) is 0 Å². The van der Waals surface area contributed by atoms with Gasteiger partial charge in [0.1, 0.15) is 5.78 Å². The summed E-state index contributed by atoms with van der Waals surface area (Å²) in [5.41, 5.74) is 0.0141. The number of carbonyl (C=O) groups is 2. The van der Waals surface area contributed by atoms with Crippen molar-refractivity contribution in [1.29, 1.82) is 0 Å². The lowest BCUT2D eigenvalue weighted by molar-refractivity contribution is -0.178. The lowest BCUT2D eigenvalue weighted by Gasteiger charge is -2.60. The Bertz CT molecular complexity index is 591. The normalized spacial score (nSPS) is 51.0. The van der Waals surface area contributed by atoms with Gasteiger partial charge < -0.3 is 5.11 Å². The second kappa shape index (κ2) is 4.31. The predicted molar refractivity (Wildman–Crippen MR) is 83.2 cm³/mol. The highest BCUT2D eigenvalue weighted by molar-refractivity contribution is 5.92. The van der Waals surface area contributed by atoms with E-state index < -0.39 is 11.0 Å². The van der Waals surface area contributed by atoms with Gasteiger partial charge in [0, 0.05) is 12.8 Å². The number of ketones is 2. The Balaban J connectivity index is 1.76. The molecule has 1 N–H and O–H groups in total. The van der Waals surface area contributed by atoms with Crippen LogP contribution in [0.25, 0.3) is 0 Å². The lowest BCUT2D eigenvalue weighted by atomic mass is 9.46. The van der Waals surface area contributed by atoms with Crippen LogP contribution in [0.5, 0.6) is 0 Å². The average Bonchev–Trinajstić information content (AvgIpc) is 2.72. The molecule has 0 bridgehead atoms. The number of fused-ring (bicyclic) bond motifs is 5. The van der Waals surface area contributed by atoms with Crippen molar-refractivity contribution in [2.24, 2.45) is 22.7 Å². The zero-order valence-corrected chi connectivity index (χ0v) is 13.7. The minimum absolute atomic E-state index is 0.0551. The van der Waals surface area contributed by atoms with E-state index in [1.165, 1.54) is 5.57 Å². The van der Waals surface area contributed by atoms with Crippen LogP contribution in [0.3, 0.4) is 0 Å². The molecule has 120 valence electrons. The number of hydrogen-bond acceptors (Lipinski definition) is 3. The van der Waals surface area contributed by atoms with Gasteiger partial charge in [0.2, 0.25) is 0 Å². The van der Waals surface area contributed by atoms with E-state index in [-0.39, 0.29) is 22.9 Å². The highest BCUT2D eigenvalue weighted by Crippen LogP contribution is 2.65. The molecule has 0 spiro atoms. The quantitative estimate of drug-likeness (QED) is 0.747. The molecule has 4 rings (SSSR count). The van der Waals surface area contributed by atoms with E-state index in [2.05, 4.69) is 6.92 Å². The van der Waals surface area contributed by atoms with E-state index in [4.69, 9.17) is 0 Å². The summed E-state index contributed by atoms with van der Waals surface area (Å²) in [4.78, 5) is 24.2. The van der Waals surface area contributed by atoms with Gasteiger partial charge in [-0.15, -0.1) is 0 Å². The summed E-state index contributed by atoms with van der Waals surface area (Å²) in [7, 11) is 0. The fourth-order valence-corrected chi connectivity index (χ4v) is 6.30. The minimum Gasteiger partial charge on any atom is -0.389 e. The van der Waals surface area contributed by atoms with Crippen LogP contribution in [0.2, 0.25) is 0 Å². The summed E-state index contributed by atoms with van der Waals surface area (Å²) in [5.74, 6) is 1.16. The summed E-state index contributed by atoms with van der Waals surface area (Å²) in [6.07, 6.45) is 8.27. The molecule has 4 aliphatic carbocycles. The van der Waals surface area contributed by atoms with E-state index in [9.17, 15) is 14.7 Å². The highest BCUT2D eigenvalue weighted by atomic mass is 16.3. The molecular weight excluding hydrogens is 276 g/mol. The maximum Gasteiger partial charge on any atom is 0.155 e. The van der Waals surface area contributed by atoms with Gasteiger partial charge in [-0.3, -0.25) is 9.59 Å². The van der Waals surface area contributed by atoms with Gasteiger partial charge in [0.15, 0.2) is 5.78 Å². The number of rotatable bonds is 0. The number of carbonyl (C=O) groups excluding carboxylic acids is 2. The molecule has 0 radical (unpaired) electrons. The Morgan fingerprint density at radius 1 is 1.00 bits per heavy atom. The van der Waals surface area contributed by atoms with Crippen LogP contribution in [0.4, 0.5) is 0 Å². The maximum absolute atomic E-state index is 12.4. The monoisotopic (exact) mass is 302 g/mol. The van der Waals surface area contributed by atoms with Crippen molar-refractivity contribution in [2.45, 2.75) is 70.8 Å². The Morgan fingerprint density at radius 2 is 1.77 bits per heavy atom. The number of allylic oxidation sites excluding steroid dienone is 1. The third-order valence-electron chi connectivity index (χ3n) is 7.86. The van der Waals surface area contributed by atoms with Gasteiger partial charge in [0.05, 0.1) is 11.0 Å². The van der Waals surface area contributed by atoms with Gasteiger partial charge in [-0.1, -0.05) is 12.5 Å². The van der Waals surface area contributed by atoms with E-state index >= 15 is 0 Å². The summed E-state index contributed by atoms with van der Waals surface area (Å²) in [5, 5.41) is 11.5. The smallest absolute Gasteiger partial charge is 0.155 e. The largest absolute Gasteiger partial charge is 0.389 e. The first-order valence-electron chi connectivity index (χ1n) is 8.81. The average molecular weight is 302 g/mol. The predicted octanol–water partition coefficient (Wildman–Crippen LogP) is 3.20. The van der Waals surface area contributed by atoms with E-state index in [0.29, 0.717) is 25.2 Å². The van der Waals surface area contributed by atoms with Crippen molar-refractivity contribution in [3.8, 4) is 0 Å². The summed E-state index contributed by atoms with van der Waals surface area (Å²) in [6, 6.07) is 0. The van der Waals surface area contributed by atoms with Crippen molar-refractivity contribution in [2.75, 3.05) is 0 Å². The molecule has 0 heterocycles. The van der Waals surface area contributed by atoms with Gasteiger partial charge in [-0.2, -0.15) is 0 Å². The van der Waals surface area contributed by atoms with Crippen LogP contribution in [-0.4, -0.2) is 22.3 Å². The topological polar surface area (TPSA) is 54.4 Å². The first-order valence-corrected chi connectivity index (χ1v) is 8.81. The first kappa shape index (κ1) is 14.6. The molecule has 0 amide bonds. The molecule has 5 atom stereocenters. The van der Waals surface area contributed by atoms with Crippen molar-refractivity contribution >= 4 is 11.6 Å². The Morgan fingerprint density at radius 3 is 2.55 bits per heavy atom. The summed E-state index contributed by atoms with van der Waals surface area (Å²) >= 11 is 0. The number of hydrogen-bond donors (Lipinski definition) is 1. The maximum atomic E-state index is 12.4. The third-order valence-corrected chi connectivity index (χ3v) is 7.86. The molecular formula is C19H26O3. The molecule has 3 nitrogen and oxygen atoms in total. The summed E-state index contributed by atoms with van der Waals surface area (Å²) < 4.78 is 0. The standard InChI is InChI=1S/C19H26O3/c1-17-8-5-13(20)11-12(17)3-4-15-14(17)6-9-18(2)16(21)7-10-19(15,18)22/h11,14-15,22H,3-10H2,1-2H3/t14-,15-,17-,18-,19+/m0/s1. The van der Waals surface area contributed by atoms with Crippen molar-refractivity contribution in [3.63, 3.8) is 0 Å². The molecule has 0 aromatic heterocycles. The first-order chi connectivity index (χ1) is 10.3. The van der Waals surface area contributed by atoms with Gasteiger partial charge in [-0.05, 0) is 68.8 Å². The molecule has 3 heteroatoms. The fraction of sp³-hybridized carbons (Fsp3) is 0.789. The molecule has 4 aliphatic rings. The number of aliphatic hydroxyl groups is 1. The van der Waals surface area contributed by atoms with Gasteiger partial charge in [-0.25, -0.2) is 0 Å². The number of Topliss-reactive ketones (excluding diaryl/α,β-unsaturated/α-hetero) is 1. The van der Waals surface area contributed by atoms with Gasteiger partial charge >= 0.3 is 0 Å². The molecule has 0 unspecified atom stereocenters. The van der Waals surface area contributed by atoms with E-state index in [0.717, 1.165) is 32.1 Å². The molecule has 0 aliphatic heterocycles. The van der Waals surface area contributed by atoms with Crippen molar-refractivity contribution in [3.05, 3.63) is 11.6 Å². The zero-order valence-electron chi connectivity index (χ0n) is 13.7. The van der Waals surface area contributed by atoms with Crippen molar-refractivity contribution in [1.82, 2.24) is 0 Å². The minimum atomic E-state index is -0.816. The Hall–Kier alpha value is -0.960. The van der Waals surface area contributed by atoms with E-state index in [1.54, 1.807) is 0 Å². The highest BCUT2D eigenvalue weighted by Gasteiger charge is 2.66. The molecule has 0 saturated heterocycles. The van der Waals surface area contributed by atoms with Crippen LogP contribution in [0, 0.1) is 22.7 Å². The Kier molecular flexibility index (Phi) is 2.87. The molecule has 3 fully saturated rings. The second-order valence-corrected chi connectivity index (χ2v) is 8.52. The van der Waals surface area contributed by atoms with Crippen LogP contribution in [-0.2, 0) is 9.59 Å². The van der Waals surface area contributed by atoms with Crippen LogP contribution in [0.1, 0.15) is 65.2 Å². The zero-order chi connectivity index (χ0) is 15.8. The van der Waals surface area contributed by atoms with Crippen molar-refractivity contribution < 1.29 is 14.7 Å². The van der Waals surface area contributed by atoms with Crippen LogP contribution < -0.4 is 0 Å². The van der Waals surface area contributed by atoms with E-state index in [1.807, 2.05) is 13.0 Å². The van der Waals surface area contributed by atoms with Crippen LogP contribution in [0.15, 0.2) is 11.6 Å². The van der Waals surface area contributed by atoms with Crippen LogP contribution >= 0.6 is 0 Å². The summed E-state index contributed by atoms with van der Waals surface area (Å²) in [6.45, 7) is 4.29.